The van der Waals surface area contributed by atoms with E-state index in [-0.39, 0.29) is 26.1 Å². The molecule has 0 radical (unpaired) electrons. The summed E-state index contributed by atoms with van der Waals surface area (Å²) in [5, 5.41) is 22.6. The zero-order valence-electron chi connectivity index (χ0n) is 29.8. The first-order chi connectivity index (χ1) is 27.0. The van der Waals surface area contributed by atoms with Gasteiger partial charge in [0.2, 0.25) is 0 Å². The van der Waals surface area contributed by atoms with Gasteiger partial charge < -0.3 is 25.3 Å². The van der Waals surface area contributed by atoms with Crippen molar-refractivity contribution in [2.75, 3.05) is 12.3 Å². The molecular formula is C39H32F6N8O3PRu+. The number of hydrogen-bond acceptors (Lipinski definition) is 10. The number of benzene rings is 2. The van der Waals surface area contributed by atoms with Crippen molar-refractivity contribution < 1.29 is 59.6 Å². The molecule has 19 heteroatoms. The Hall–Kier alpha value is -5.51. The molecule has 3 atom stereocenters. The topological polar surface area (TPSA) is 158 Å². The fraction of sp³-hybridized carbons (Fsp3) is 0.128. The Bertz CT molecular complexity index is 2640. The molecule has 0 saturated carbocycles. The fourth-order valence-corrected chi connectivity index (χ4v) is 6.33. The van der Waals surface area contributed by atoms with Crippen molar-refractivity contribution in [2.45, 2.75) is 24.9 Å². The van der Waals surface area contributed by atoms with Gasteiger partial charge in [-0.2, -0.15) is 0 Å². The minimum Gasteiger partial charge on any atom is -0.394 e. The Kier molecular flexibility index (Phi) is 11.6. The van der Waals surface area contributed by atoms with Gasteiger partial charge in [0.15, 0.2) is 0 Å². The van der Waals surface area contributed by atoms with Crippen molar-refractivity contribution in [3.63, 3.8) is 0 Å². The predicted octanol–water partition coefficient (Wildman–Crippen LogP) is 9.61. The average Bonchev–Trinajstić information content (AvgIpc) is 3.78. The molecule has 9 rings (SSSR count). The Morgan fingerprint density at radius 1 is 0.690 bits per heavy atom. The summed E-state index contributed by atoms with van der Waals surface area (Å²) in [5.74, 6) is 0.362. The Morgan fingerprint density at radius 3 is 1.86 bits per heavy atom. The summed E-state index contributed by atoms with van der Waals surface area (Å²) in [6, 6.07) is 31.9. The predicted molar refractivity (Wildman–Crippen MR) is 206 cm³/mol. The molecule has 1 aliphatic heterocycles. The van der Waals surface area contributed by atoms with Gasteiger partial charge in [-0.05, 0) is 42.0 Å². The van der Waals surface area contributed by atoms with Crippen LogP contribution in [0.25, 0.3) is 66.6 Å². The number of aromatic nitrogens is 7. The van der Waals surface area contributed by atoms with Gasteiger partial charge in [0.1, 0.15) is 30.1 Å². The number of aliphatic hydroxyl groups is 2. The van der Waals surface area contributed by atoms with Crippen molar-refractivity contribution in [1.29, 1.82) is 0 Å². The number of nitrogens with zero attached hydrogens (tertiary/aromatic N) is 7. The van der Waals surface area contributed by atoms with Crippen LogP contribution >= 0.6 is 7.81 Å². The van der Waals surface area contributed by atoms with Crippen molar-refractivity contribution >= 4 is 46.5 Å². The summed E-state index contributed by atoms with van der Waals surface area (Å²) in [7, 11) is -10.7. The van der Waals surface area contributed by atoms with E-state index in [1.807, 2.05) is 89.6 Å². The number of hydrogen-bond donors (Lipinski definition) is 3. The number of nitrogens with two attached hydrogens (primary N) is 1. The summed E-state index contributed by atoms with van der Waals surface area (Å²) in [4.78, 5) is 26.5. The van der Waals surface area contributed by atoms with E-state index in [1.54, 1.807) is 18.6 Å². The van der Waals surface area contributed by atoms with Crippen LogP contribution in [0, 0.1) is 0 Å². The molecule has 0 bridgehead atoms. The maximum absolute atomic E-state index is 10.7. The van der Waals surface area contributed by atoms with Crippen LogP contribution in [0.1, 0.15) is 12.6 Å². The van der Waals surface area contributed by atoms with Gasteiger partial charge in [-0.3, -0.25) is 15.0 Å². The number of halogens is 6. The molecule has 1 saturated heterocycles. The molecular weight excluding hydrogens is 875 g/mol. The van der Waals surface area contributed by atoms with Gasteiger partial charge in [-0.1, -0.05) is 60.7 Å². The molecule has 6 aromatic heterocycles. The van der Waals surface area contributed by atoms with Gasteiger partial charge >= 0.3 is 52.5 Å². The summed E-state index contributed by atoms with van der Waals surface area (Å²) in [6.07, 6.45) is 7.14. The maximum Gasteiger partial charge on any atom is 2.00 e. The molecule has 1 fully saturated rings. The second-order valence-electron chi connectivity index (χ2n) is 12.9. The minimum atomic E-state index is -10.7. The van der Waals surface area contributed by atoms with E-state index in [2.05, 4.69) is 43.1 Å². The van der Waals surface area contributed by atoms with Crippen LogP contribution in [-0.4, -0.2) is 63.5 Å². The largest absolute Gasteiger partial charge is 2.00 e. The Labute approximate surface area is 338 Å². The minimum absolute atomic E-state index is 0. The van der Waals surface area contributed by atoms with E-state index in [1.165, 1.54) is 6.33 Å². The van der Waals surface area contributed by atoms with Crippen LogP contribution in [0.15, 0.2) is 128 Å². The summed E-state index contributed by atoms with van der Waals surface area (Å²) in [6.45, 7) is -0.253. The molecule has 11 nitrogen and oxygen atoms in total. The maximum atomic E-state index is 10.3. The third-order valence-corrected chi connectivity index (χ3v) is 8.85. The van der Waals surface area contributed by atoms with Gasteiger partial charge in [-0.25, -0.2) is 15.0 Å². The number of ether oxygens (including phenoxy) is 1. The van der Waals surface area contributed by atoms with E-state index in [0.717, 1.165) is 55.6 Å². The molecule has 0 unspecified atom stereocenters. The molecule has 0 aliphatic carbocycles. The third-order valence-electron chi connectivity index (χ3n) is 8.85. The van der Waals surface area contributed by atoms with E-state index < -0.39 is 26.2 Å². The first kappa shape index (κ1) is 42.1. The fourth-order valence-electron chi connectivity index (χ4n) is 6.33. The van der Waals surface area contributed by atoms with E-state index in [9.17, 15) is 35.4 Å². The molecule has 0 amide bonds. The number of aliphatic hydroxyl groups excluding tert-OH is 2. The van der Waals surface area contributed by atoms with Crippen LogP contribution in [-0.2, 0) is 24.2 Å². The van der Waals surface area contributed by atoms with Crippen LogP contribution in [0.3, 0.4) is 0 Å². The smallest absolute Gasteiger partial charge is 0.394 e. The standard InChI is InChI=1S/C29H24N6O3.C10H8N2.F6P.Ru/c30-28-25-20(13-35(29(25)33-15-32-28)24-12-22(37)23(14-36)38-24)16-3-5-17(6-4-16)21-10-9-19-8-7-18-2-1-11-31-26(18)27(19)34-21;1-3-7-11-9(5-1)10-6-2-4-8-12-10;1-7(2,3,4,5)6;/h1-11,13,15,22-24,36-37H,12,14H2,(H2,30,32,33);1-8H;;/q;;-1;+2/t22-,23+,24+;;;/m0.../s1. The molecule has 8 aromatic rings. The van der Waals surface area contributed by atoms with Gasteiger partial charge in [-0.15, -0.1) is 0 Å². The second-order valence-corrected chi connectivity index (χ2v) is 14.8. The van der Waals surface area contributed by atoms with Gasteiger partial charge in [0.05, 0.1) is 46.2 Å². The van der Waals surface area contributed by atoms with E-state index in [0.29, 0.717) is 23.3 Å². The molecule has 4 N–H and O–H groups in total. The Morgan fingerprint density at radius 2 is 1.28 bits per heavy atom. The summed E-state index contributed by atoms with van der Waals surface area (Å²) < 4.78 is 67.0. The van der Waals surface area contributed by atoms with E-state index >= 15 is 0 Å². The average molecular weight is 907 g/mol. The SMILES string of the molecule is F[P-](F)(F)(F)(F)F.Nc1ncnc2c1c(-c1ccc(-c3ccc4ccc5cccnc5c4n3)cc1)cn2[C@H]1C[C@H](O)[C@@H](CO)O1.[Ru+2].c1ccc(-c2ccccn2)nc1. The number of nitrogen functional groups attached to an aromatic ring is 1. The van der Waals surface area contributed by atoms with E-state index in [4.69, 9.17) is 15.5 Å². The van der Waals surface area contributed by atoms with Crippen molar-refractivity contribution in [2.24, 2.45) is 0 Å². The van der Waals surface area contributed by atoms with Crippen molar-refractivity contribution in [3.8, 4) is 33.8 Å². The molecule has 300 valence electrons. The van der Waals surface area contributed by atoms with Gasteiger partial charge in [0.25, 0.3) is 0 Å². The quantitative estimate of drug-likeness (QED) is 0.0658. The number of pyridine rings is 4. The molecule has 7 heterocycles. The van der Waals surface area contributed by atoms with Crippen molar-refractivity contribution in [3.05, 3.63) is 128 Å². The molecule has 1 aliphatic rings. The number of fused-ring (bicyclic) bond motifs is 4. The normalized spacial score (nSPS) is 17.6. The summed E-state index contributed by atoms with van der Waals surface area (Å²) in [5.41, 5.74) is 14.1. The third kappa shape index (κ3) is 10.3. The zero-order valence-corrected chi connectivity index (χ0v) is 32.5. The zero-order chi connectivity index (χ0) is 40.4. The van der Waals surface area contributed by atoms with Gasteiger partial charge in [0, 0.05) is 53.1 Å². The molecule has 2 aromatic carbocycles. The van der Waals surface area contributed by atoms with Crippen LogP contribution in [0.4, 0.5) is 31.0 Å². The van der Waals surface area contributed by atoms with Crippen LogP contribution in [0.2, 0.25) is 0 Å². The monoisotopic (exact) mass is 907 g/mol. The summed E-state index contributed by atoms with van der Waals surface area (Å²) >= 11 is 0. The van der Waals surface area contributed by atoms with Crippen LogP contribution < -0.4 is 5.73 Å². The molecule has 0 spiro atoms. The van der Waals surface area contributed by atoms with Crippen LogP contribution in [0.5, 0.6) is 0 Å². The number of rotatable bonds is 5. The first-order valence-corrected chi connectivity index (χ1v) is 19.2. The second kappa shape index (κ2) is 16.0. The van der Waals surface area contributed by atoms with Crippen molar-refractivity contribution in [1.82, 2.24) is 34.5 Å². The number of anilines is 1. The Balaban J connectivity index is 0.000000234. The molecule has 58 heavy (non-hydrogen) atoms. The first-order valence-electron chi connectivity index (χ1n) is 17.2.